The third kappa shape index (κ3) is 922. The van der Waals surface area contributed by atoms with Crippen LogP contribution in [0.15, 0.2) is 0 Å². The molecule has 46 valence electrons. The predicted molar refractivity (Wildman–Crippen MR) is 27.7 cm³/mol. The van der Waals surface area contributed by atoms with Crippen LogP contribution in [0.4, 0.5) is 0 Å². The lowest BCUT2D eigenvalue weighted by atomic mass is 15.8. The first-order chi connectivity index (χ1) is 2.00. The van der Waals surface area contributed by atoms with Gasteiger partial charge in [-0.25, -0.2) is 0 Å². The van der Waals surface area contributed by atoms with Gasteiger partial charge in [-0.2, -0.15) is 8.42 Å². The molecule has 0 rings (SSSR count). The Kier molecular flexibility index (Phi) is 10.1. The second kappa shape index (κ2) is 4.52. The molecule has 0 aliphatic heterocycles. The summed E-state index contributed by atoms with van der Waals surface area (Å²) >= 11 is 0. The second-order valence-electron chi connectivity index (χ2n) is 0.448. The van der Waals surface area contributed by atoms with Crippen molar-refractivity contribution in [2.24, 2.45) is 0 Å². The average Bonchev–Trinajstić information content (AvgIpc) is 0.722. The van der Waals surface area contributed by atoms with Crippen LogP contribution >= 0.6 is 0 Å². The molecule has 0 amide bonds. The van der Waals surface area contributed by atoms with Gasteiger partial charge < -0.3 is 5.48 Å². The van der Waals surface area contributed by atoms with Crippen LogP contribution < -0.4 is 0 Å². The van der Waals surface area contributed by atoms with Crippen molar-refractivity contribution in [3.05, 3.63) is 0 Å². The molecule has 0 bridgehead atoms. The summed E-state index contributed by atoms with van der Waals surface area (Å²) in [6.45, 7) is 0. The third-order valence-corrected chi connectivity index (χ3v) is 0. The van der Waals surface area contributed by atoms with E-state index < -0.39 is 10.4 Å². The lowest BCUT2D eigenvalue weighted by molar-refractivity contribution is 0.381. The van der Waals surface area contributed by atoms with E-state index in [1.165, 1.54) is 0 Å². The van der Waals surface area contributed by atoms with E-state index in [0.717, 1.165) is 0 Å². The predicted octanol–water partition coefficient (Wildman–Crippen LogP) is -2.66. The van der Waals surface area contributed by atoms with E-state index in [1.54, 1.807) is 0 Å². The standard InChI is InChI=1S/Al.H2O4S.H2O.3H/c;1-5(2,3)4;;;;/h;(H2,1,2,3,4);1H2;;;. The van der Waals surface area contributed by atoms with E-state index in [1.807, 2.05) is 0 Å². The summed E-state index contributed by atoms with van der Waals surface area (Å²) < 4.78 is 31.6. The molecule has 7 heavy (non-hydrogen) atoms. The summed E-state index contributed by atoms with van der Waals surface area (Å²) in [7, 11) is -4.67. The Labute approximate surface area is 51.4 Å². The molecule has 0 aromatic carbocycles. The highest BCUT2D eigenvalue weighted by Crippen LogP contribution is 1.59. The topological polar surface area (TPSA) is 106 Å². The molecule has 0 aromatic heterocycles. The summed E-state index contributed by atoms with van der Waals surface area (Å²) in [5, 5.41) is 0. The van der Waals surface area contributed by atoms with E-state index in [4.69, 9.17) is 17.5 Å². The van der Waals surface area contributed by atoms with Gasteiger partial charge in [0.05, 0.1) is 0 Å². The van der Waals surface area contributed by atoms with E-state index in [2.05, 4.69) is 0 Å². The van der Waals surface area contributed by atoms with Crippen LogP contribution in [0.5, 0.6) is 0 Å². The summed E-state index contributed by atoms with van der Waals surface area (Å²) in [6.07, 6.45) is 0. The summed E-state index contributed by atoms with van der Waals surface area (Å²) in [6, 6.07) is 0. The maximum absolute atomic E-state index is 8.74. The molecule has 7 heteroatoms. The highest BCUT2D eigenvalue weighted by Gasteiger charge is 1.84. The largest absolute Gasteiger partial charge is 0.412 e. The van der Waals surface area contributed by atoms with Crippen LogP contribution in [0.3, 0.4) is 0 Å². The van der Waals surface area contributed by atoms with Crippen LogP contribution in [0.1, 0.15) is 0 Å². The van der Waals surface area contributed by atoms with Gasteiger partial charge in [-0.1, -0.05) is 0 Å². The van der Waals surface area contributed by atoms with E-state index in [9.17, 15) is 0 Å². The molecular weight excluding hydrogens is 139 g/mol. The van der Waals surface area contributed by atoms with Crippen molar-refractivity contribution in [2.45, 2.75) is 0 Å². The molecule has 0 atom stereocenters. The van der Waals surface area contributed by atoms with Crippen LogP contribution in [0, 0.1) is 0 Å². The molecule has 5 nitrogen and oxygen atoms in total. The molecule has 0 radical (unpaired) electrons. The van der Waals surface area contributed by atoms with Gasteiger partial charge in [0, 0.05) is 0 Å². The van der Waals surface area contributed by atoms with Crippen molar-refractivity contribution in [1.29, 1.82) is 0 Å². The quantitative estimate of drug-likeness (QED) is 0.287. The van der Waals surface area contributed by atoms with Gasteiger partial charge in [0.25, 0.3) is 0 Å². The minimum Gasteiger partial charge on any atom is -0.412 e. The van der Waals surface area contributed by atoms with Crippen LogP contribution in [0.25, 0.3) is 0 Å². The summed E-state index contributed by atoms with van der Waals surface area (Å²) in [5.74, 6) is 0. The number of hydrogen-bond donors (Lipinski definition) is 2. The monoisotopic (exact) mass is 146 g/mol. The molecule has 0 aromatic rings. The van der Waals surface area contributed by atoms with E-state index in [-0.39, 0.29) is 22.8 Å². The zero-order valence-corrected chi connectivity index (χ0v) is 3.44. The van der Waals surface area contributed by atoms with Gasteiger partial charge in [-0.3, -0.25) is 9.11 Å². The molecule has 4 N–H and O–H groups in total. The fourth-order valence-electron chi connectivity index (χ4n) is 0. The molecule has 0 unspecified atom stereocenters. The normalized spacial score (nSPS) is 8.29. The maximum atomic E-state index is 8.74. The Balaban J connectivity index is -0.0000000800. The highest BCUT2D eigenvalue weighted by molar-refractivity contribution is 7.79. The molecule has 0 aliphatic rings. The van der Waals surface area contributed by atoms with Gasteiger partial charge in [0.2, 0.25) is 0 Å². The molecule has 0 saturated heterocycles. The van der Waals surface area contributed by atoms with Gasteiger partial charge in [0.15, 0.2) is 17.4 Å². The first-order valence-corrected chi connectivity index (χ1v) is 2.10. The van der Waals surface area contributed by atoms with E-state index in [0.29, 0.717) is 0 Å². The van der Waals surface area contributed by atoms with E-state index >= 15 is 0 Å². The number of hydrogen-bond acceptors (Lipinski definition) is 2. The highest BCUT2D eigenvalue weighted by atomic mass is 32.3. The Morgan fingerprint density at radius 1 is 1.14 bits per heavy atom. The lowest BCUT2D eigenvalue weighted by Crippen LogP contribution is -1.89. The van der Waals surface area contributed by atoms with Crippen molar-refractivity contribution in [2.75, 3.05) is 0 Å². The van der Waals surface area contributed by atoms with Crippen LogP contribution in [-0.2, 0) is 10.4 Å². The zero-order valence-electron chi connectivity index (χ0n) is 2.62. The van der Waals surface area contributed by atoms with Crippen molar-refractivity contribution >= 4 is 27.8 Å². The second-order valence-corrected chi connectivity index (χ2v) is 1.34. The molecule has 0 saturated carbocycles. The molecule has 0 spiro atoms. The zero-order chi connectivity index (χ0) is 4.50. The maximum Gasteiger partial charge on any atom is 0.394 e. The van der Waals surface area contributed by atoms with Gasteiger partial charge in [-0.05, 0) is 0 Å². The summed E-state index contributed by atoms with van der Waals surface area (Å²) in [4.78, 5) is 0. The van der Waals surface area contributed by atoms with Crippen molar-refractivity contribution < 1.29 is 23.0 Å². The van der Waals surface area contributed by atoms with Crippen LogP contribution in [0.2, 0.25) is 0 Å². The smallest absolute Gasteiger partial charge is 0.394 e. The van der Waals surface area contributed by atoms with Crippen molar-refractivity contribution in [3.8, 4) is 0 Å². The Hall–Kier alpha value is 0.362. The van der Waals surface area contributed by atoms with Crippen molar-refractivity contribution in [1.82, 2.24) is 0 Å². The lowest BCUT2D eigenvalue weighted by Gasteiger charge is -1.68. The average molecular weight is 146 g/mol. The first-order valence-electron chi connectivity index (χ1n) is 0.698. The van der Waals surface area contributed by atoms with Crippen LogP contribution in [-0.4, -0.2) is 40.4 Å². The van der Waals surface area contributed by atoms with Gasteiger partial charge in [0.1, 0.15) is 0 Å². The Morgan fingerprint density at radius 2 is 1.14 bits per heavy atom. The minimum atomic E-state index is -4.67. The first kappa shape index (κ1) is 15.7. The Morgan fingerprint density at radius 3 is 1.14 bits per heavy atom. The molecule has 0 aliphatic carbocycles. The van der Waals surface area contributed by atoms with Gasteiger partial charge >= 0.3 is 10.4 Å². The summed E-state index contributed by atoms with van der Waals surface area (Å²) in [5.41, 5.74) is 0. The minimum absolute atomic E-state index is 0. The molecule has 0 heterocycles. The fourth-order valence-corrected chi connectivity index (χ4v) is 0. The Bertz CT molecular complexity index is 91.2. The SMILES string of the molecule is O.O=S(=O)(O)O.[AlH3]. The number of rotatable bonds is 0. The molecule has 0 fully saturated rings. The van der Waals surface area contributed by atoms with Crippen molar-refractivity contribution in [3.63, 3.8) is 0 Å². The molecular formula is H7AlO5S. The third-order valence-electron chi connectivity index (χ3n) is 0. The fraction of sp³-hybridized carbons (Fsp3) is 0. The van der Waals surface area contributed by atoms with Gasteiger partial charge in [-0.15, -0.1) is 0 Å².